The Morgan fingerprint density at radius 3 is 2.78 bits per heavy atom. The third-order valence-corrected chi connectivity index (χ3v) is 6.40. The van der Waals surface area contributed by atoms with Gasteiger partial charge in [-0.25, -0.2) is 23.7 Å². The minimum atomic E-state index is -1.09. The lowest BCUT2D eigenvalue weighted by atomic mass is 9.96. The average Bonchev–Trinajstić information content (AvgIpc) is 3.48. The minimum Gasteiger partial charge on any atom is -0.477 e. The number of halogens is 1. The third-order valence-electron chi connectivity index (χ3n) is 6.40. The second kappa shape index (κ2) is 10.2. The van der Waals surface area contributed by atoms with E-state index in [2.05, 4.69) is 25.4 Å². The molecule has 0 unspecified atom stereocenters. The molecule has 0 aromatic carbocycles. The van der Waals surface area contributed by atoms with Crippen molar-refractivity contribution in [3.63, 3.8) is 0 Å². The van der Waals surface area contributed by atoms with Crippen molar-refractivity contribution in [3.05, 3.63) is 53.4 Å². The quantitative estimate of drug-likeness (QED) is 0.456. The van der Waals surface area contributed by atoms with E-state index in [0.717, 1.165) is 24.1 Å². The maximum atomic E-state index is 14.4. The lowest BCUT2D eigenvalue weighted by Gasteiger charge is -2.29. The molecule has 36 heavy (non-hydrogen) atoms. The molecule has 192 valence electrons. The van der Waals surface area contributed by atoms with E-state index in [4.69, 9.17) is 0 Å². The molecule has 3 aromatic rings. The lowest BCUT2D eigenvalue weighted by Crippen LogP contribution is -2.47. The van der Waals surface area contributed by atoms with Crippen LogP contribution in [0.25, 0.3) is 5.65 Å². The Morgan fingerprint density at radius 2 is 2.08 bits per heavy atom. The van der Waals surface area contributed by atoms with Crippen LogP contribution in [-0.2, 0) is 11.2 Å². The van der Waals surface area contributed by atoms with Crippen molar-refractivity contribution >= 4 is 23.3 Å². The Hall–Kier alpha value is -3.60. The highest BCUT2D eigenvalue weighted by Crippen LogP contribution is 2.37. The first-order valence-electron chi connectivity index (χ1n) is 12.1. The number of carboxylic acid groups (broad SMARTS) is 1. The molecular weight excluding hydrogens is 465 g/mol. The summed E-state index contributed by atoms with van der Waals surface area (Å²) in [5, 5.41) is 15.4. The van der Waals surface area contributed by atoms with Gasteiger partial charge in [-0.2, -0.15) is 5.10 Å². The summed E-state index contributed by atoms with van der Waals surface area (Å²) in [6.45, 7) is 9.39. The SMILES string of the molecule is CCN(CCc1ncc(F)cc1[C@@H]1CCCN1c1ccn2ncc(C(=O)O)c2n1)NC(=O)C(C)(C)C. The van der Waals surface area contributed by atoms with E-state index in [9.17, 15) is 19.1 Å². The molecule has 3 aromatic heterocycles. The zero-order chi connectivity index (χ0) is 26.0. The number of nitrogens with zero attached hydrogens (tertiary/aromatic N) is 6. The van der Waals surface area contributed by atoms with E-state index in [0.29, 0.717) is 31.9 Å². The van der Waals surface area contributed by atoms with Crippen molar-refractivity contribution in [2.45, 2.75) is 53.0 Å². The van der Waals surface area contributed by atoms with Crippen LogP contribution in [0.3, 0.4) is 0 Å². The van der Waals surface area contributed by atoms with Crippen LogP contribution in [0.1, 0.15) is 68.2 Å². The molecule has 1 atom stereocenters. The molecule has 4 heterocycles. The summed E-state index contributed by atoms with van der Waals surface area (Å²) in [5.74, 6) is -0.971. The van der Waals surface area contributed by atoms with Gasteiger partial charge in [-0.05, 0) is 30.5 Å². The number of hydrogen-bond acceptors (Lipinski definition) is 7. The van der Waals surface area contributed by atoms with E-state index in [1.165, 1.54) is 23.0 Å². The normalized spacial score (nSPS) is 16.2. The highest BCUT2D eigenvalue weighted by atomic mass is 19.1. The molecule has 1 aliphatic rings. The molecule has 1 aliphatic heterocycles. The fourth-order valence-electron chi connectivity index (χ4n) is 4.36. The Kier molecular flexibility index (Phi) is 7.21. The number of fused-ring (bicyclic) bond motifs is 1. The molecule has 0 aliphatic carbocycles. The molecular formula is C25H32FN7O3. The van der Waals surface area contributed by atoms with E-state index in [-0.39, 0.29) is 23.2 Å². The number of amides is 1. The van der Waals surface area contributed by atoms with E-state index in [1.807, 2.05) is 32.7 Å². The van der Waals surface area contributed by atoms with Gasteiger partial charge in [0.05, 0.1) is 18.4 Å². The number of carboxylic acids is 1. The Labute approximate surface area is 209 Å². The smallest absolute Gasteiger partial charge is 0.341 e. The summed E-state index contributed by atoms with van der Waals surface area (Å²) in [7, 11) is 0. The Balaban J connectivity index is 1.59. The van der Waals surface area contributed by atoms with E-state index < -0.39 is 17.2 Å². The second-order valence-electron chi connectivity index (χ2n) is 9.98. The molecule has 1 saturated heterocycles. The van der Waals surface area contributed by atoms with Crippen LogP contribution in [0.15, 0.2) is 30.7 Å². The van der Waals surface area contributed by atoms with Crippen LogP contribution in [-0.4, -0.2) is 61.2 Å². The van der Waals surface area contributed by atoms with Crippen molar-refractivity contribution in [1.82, 2.24) is 30.0 Å². The number of likely N-dealkylation sites (N-methyl/N-ethyl adjacent to an activating group) is 1. The Morgan fingerprint density at radius 1 is 1.31 bits per heavy atom. The first-order chi connectivity index (χ1) is 17.1. The summed E-state index contributed by atoms with van der Waals surface area (Å²) >= 11 is 0. The molecule has 11 heteroatoms. The van der Waals surface area contributed by atoms with Gasteiger partial charge in [0.2, 0.25) is 5.91 Å². The maximum absolute atomic E-state index is 14.4. The molecule has 4 rings (SSSR count). The topological polar surface area (TPSA) is 116 Å². The highest BCUT2D eigenvalue weighted by molar-refractivity contribution is 5.94. The summed E-state index contributed by atoms with van der Waals surface area (Å²) in [4.78, 5) is 35.1. The number of pyridine rings is 1. The van der Waals surface area contributed by atoms with Gasteiger partial charge in [0.15, 0.2) is 5.65 Å². The molecule has 0 bridgehead atoms. The number of carbonyl (C=O) groups is 2. The van der Waals surface area contributed by atoms with Crippen molar-refractivity contribution in [2.24, 2.45) is 5.41 Å². The number of rotatable bonds is 8. The summed E-state index contributed by atoms with van der Waals surface area (Å²) in [5.41, 5.74) is 4.27. The van der Waals surface area contributed by atoms with Gasteiger partial charge in [-0.1, -0.05) is 27.7 Å². The number of hydrogen-bond donors (Lipinski definition) is 2. The lowest BCUT2D eigenvalue weighted by molar-refractivity contribution is -0.133. The van der Waals surface area contributed by atoms with E-state index >= 15 is 0 Å². The summed E-state index contributed by atoms with van der Waals surface area (Å²) < 4.78 is 15.8. The van der Waals surface area contributed by atoms with Crippen molar-refractivity contribution in [1.29, 1.82) is 0 Å². The zero-order valence-corrected chi connectivity index (χ0v) is 21.0. The zero-order valence-electron chi connectivity index (χ0n) is 21.0. The van der Waals surface area contributed by atoms with Gasteiger partial charge >= 0.3 is 5.97 Å². The monoisotopic (exact) mass is 497 g/mol. The molecule has 0 saturated carbocycles. The van der Waals surface area contributed by atoms with Crippen LogP contribution in [0.4, 0.5) is 10.2 Å². The largest absolute Gasteiger partial charge is 0.477 e. The second-order valence-corrected chi connectivity index (χ2v) is 9.98. The summed E-state index contributed by atoms with van der Waals surface area (Å²) in [6.07, 6.45) is 6.37. The van der Waals surface area contributed by atoms with Gasteiger partial charge in [0.1, 0.15) is 17.2 Å². The predicted octanol–water partition coefficient (Wildman–Crippen LogP) is 3.24. The predicted molar refractivity (Wildman–Crippen MR) is 132 cm³/mol. The average molecular weight is 498 g/mol. The van der Waals surface area contributed by atoms with Crippen LogP contribution in [0, 0.1) is 11.2 Å². The molecule has 10 nitrogen and oxygen atoms in total. The molecule has 0 spiro atoms. The van der Waals surface area contributed by atoms with Gasteiger partial charge in [-0.3, -0.25) is 15.2 Å². The van der Waals surface area contributed by atoms with Crippen molar-refractivity contribution < 1.29 is 19.1 Å². The number of hydrazine groups is 1. The first-order valence-corrected chi connectivity index (χ1v) is 12.1. The fraction of sp³-hybridized carbons (Fsp3) is 0.480. The molecule has 1 fully saturated rings. The summed E-state index contributed by atoms with van der Waals surface area (Å²) in [6, 6.07) is 3.15. The number of aromatic nitrogens is 4. The fourth-order valence-corrected chi connectivity index (χ4v) is 4.36. The van der Waals surface area contributed by atoms with Crippen LogP contribution in [0.5, 0.6) is 0 Å². The van der Waals surface area contributed by atoms with Crippen LogP contribution in [0.2, 0.25) is 0 Å². The first kappa shape index (κ1) is 25.5. The van der Waals surface area contributed by atoms with Gasteiger partial charge < -0.3 is 10.0 Å². The molecule has 1 amide bonds. The molecule has 2 N–H and O–H groups in total. The third kappa shape index (κ3) is 5.30. The van der Waals surface area contributed by atoms with E-state index in [1.54, 1.807) is 12.3 Å². The van der Waals surface area contributed by atoms with Gasteiger partial charge in [0, 0.05) is 43.4 Å². The maximum Gasteiger partial charge on any atom is 0.341 e. The van der Waals surface area contributed by atoms with Crippen molar-refractivity contribution in [3.8, 4) is 0 Å². The van der Waals surface area contributed by atoms with Crippen LogP contribution < -0.4 is 10.3 Å². The number of nitrogens with one attached hydrogen (secondary N) is 1. The van der Waals surface area contributed by atoms with Gasteiger partial charge in [-0.15, -0.1) is 0 Å². The van der Waals surface area contributed by atoms with Crippen molar-refractivity contribution in [2.75, 3.05) is 24.5 Å². The highest BCUT2D eigenvalue weighted by Gasteiger charge is 2.31. The van der Waals surface area contributed by atoms with Gasteiger partial charge in [0.25, 0.3) is 0 Å². The number of anilines is 1. The van der Waals surface area contributed by atoms with Crippen LogP contribution >= 0.6 is 0 Å². The number of carbonyl (C=O) groups excluding carboxylic acids is 1. The molecule has 0 radical (unpaired) electrons. The minimum absolute atomic E-state index is 0.0256. The number of aromatic carboxylic acids is 1. The standard InChI is InChI=1S/C25H32FN7O3/c1-5-31(30-24(36)25(2,3)4)11-8-19-17(13-16(26)14-27-19)20-7-6-10-32(20)21-9-12-33-22(29-21)18(15-28-33)23(34)35/h9,12-15,20H,5-8,10-11H2,1-4H3,(H,30,36)(H,34,35)/t20-/m0/s1. The Bertz CT molecular complexity index is 1270.